The van der Waals surface area contributed by atoms with Crippen LogP contribution in [0.25, 0.3) is 0 Å². The first-order valence-corrected chi connectivity index (χ1v) is 10.4. The fourth-order valence-electron chi connectivity index (χ4n) is 2.38. The van der Waals surface area contributed by atoms with Crippen LogP contribution in [-0.4, -0.2) is 15.7 Å². The van der Waals surface area contributed by atoms with Gasteiger partial charge in [-0.25, -0.2) is 4.98 Å². The smallest absolute Gasteiger partial charge is 0.240 e. The highest BCUT2D eigenvalue weighted by molar-refractivity contribution is 9.10. The normalized spacial score (nSPS) is 12.0. The van der Waals surface area contributed by atoms with E-state index in [1.54, 1.807) is 6.20 Å². The quantitative estimate of drug-likeness (QED) is 0.450. The van der Waals surface area contributed by atoms with Gasteiger partial charge < -0.3 is 5.32 Å². The number of hydrogen-bond donors (Lipinski definition) is 1. The number of anilines is 1. The molecule has 0 bridgehead atoms. The molecule has 0 aliphatic heterocycles. The molecule has 1 aromatic heterocycles. The lowest BCUT2D eigenvalue weighted by molar-refractivity contribution is -0.115. The number of carbonyl (C=O) groups excluding carboxylic acids is 1. The summed E-state index contributed by atoms with van der Waals surface area (Å²) in [5, 5.41) is 4.81. The highest BCUT2D eigenvalue weighted by Crippen LogP contribution is 2.24. The van der Waals surface area contributed by atoms with E-state index in [2.05, 4.69) is 26.2 Å². The van der Waals surface area contributed by atoms with Crippen LogP contribution in [0.4, 0.5) is 5.13 Å². The summed E-state index contributed by atoms with van der Waals surface area (Å²) in [6.07, 6.45) is 3.04. The molecule has 3 nitrogen and oxygen atoms in total. The van der Waals surface area contributed by atoms with Gasteiger partial charge in [-0.05, 0) is 35.7 Å². The van der Waals surface area contributed by atoms with Gasteiger partial charge in [-0.2, -0.15) is 0 Å². The molecule has 1 N–H and O–H groups in total. The number of aromatic nitrogens is 1. The zero-order valence-electron chi connectivity index (χ0n) is 13.6. The lowest BCUT2D eigenvalue weighted by Gasteiger charge is -2.10. The average Bonchev–Trinajstić information content (AvgIpc) is 3.06. The molecule has 0 spiro atoms. The maximum atomic E-state index is 12.4. The van der Waals surface area contributed by atoms with Crippen LogP contribution in [-0.2, 0) is 17.6 Å². The van der Waals surface area contributed by atoms with E-state index in [0.29, 0.717) is 21.6 Å². The fourth-order valence-corrected chi connectivity index (χ4v) is 4.04. The molecule has 0 saturated carbocycles. The zero-order chi connectivity index (χ0) is 18.5. The minimum Gasteiger partial charge on any atom is -0.301 e. The van der Waals surface area contributed by atoms with Gasteiger partial charge in [-0.1, -0.05) is 69.5 Å². The van der Waals surface area contributed by atoms with Gasteiger partial charge in [-0.3, -0.25) is 4.79 Å². The molecule has 0 fully saturated rings. The summed E-state index contributed by atoms with van der Waals surface area (Å²) in [5.74, 6) is -0.141. The van der Waals surface area contributed by atoms with Crippen LogP contribution < -0.4 is 5.32 Å². The minimum absolute atomic E-state index is 0.141. The van der Waals surface area contributed by atoms with Gasteiger partial charge in [0.2, 0.25) is 5.91 Å². The molecule has 1 atom stereocenters. The first-order chi connectivity index (χ1) is 12.5. The first kappa shape index (κ1) is 19.4. The van der Waals surface area contributed by atoms with Crippen LogP contribution in [0.3, 0.4) is 0 Å². The number of hydrogen-bond acceptors (Lipinski definition) is 3. The van der Waals surface area contributed by atoms with E-state index in [1.165, 1.54) is 11.3 Å². The van der Waals surface area contributed by atoms with Crippen LogP contribution in [0.1, 0.15) is 16.0 Å². The SMILES string of the molecule is O=C(Nc1ncc(Cc2ccc(Cl)cc2)s1)[C@H](Br)Cc1ccccc1Cl. The van der Waals surface area contributed by atoms with Gasteiger partial charge in [0.25, 0.3) is 0 Å². The number of nitrogens with one attached hydrogen (secondary N) is 1. The maximum absolute atomic E-state index is 12.4. The second-order valence-corrected chi connectivity index (χ2v) is 8.75. The molecule has 2 aromatic carbocycles. The molecule has 1 heterocycles. The summed E-state index contributed by atoms with van der Waals surface area (Å²) >= 11 is 17.0. The van der Waals surface area contributed by atoms with E-state index in [9.17, 15) is 4.79 Å². The van der Waals surface area contributed by atoms with Gasteiger partial charge in [-0.15, -0.1) is 11.3 Å². The van der Waals surface area contributed by atoms with Crippen molar-refractivity contribution in [2.24, 2.45) is 0 Å². The predicted octanol–water partition coefficient (Wildman–Crippen LogP) is 5.99. The summed E-state index contributed by atoms with van der Waals surface area (Å²) < 4.78 is 0. The third kappa shape index (κ3) is 5.30. The molecule has 0 unspecified atom stereocenters. The average molecular weight is 470 g/mol. The van der Waals surface area contributed by atoms with Crippen molar-refractivity contribution in [2.45, 2.75) is 17.7 Å². The van der Waals surface area contributed by atoms with Crippen molar-refractivity contribution >= 4 is 61.5 Å². The molecular weight excluding hydrogens is 455 g/mol. The highest BCUT2D eigenvalue weighted by atomic mass is 79.9. The Morgan fingerprint density at radius 3 is 2.62 bits per heavy atom. The number of halogens is 3. The third-order valence-electron chi connectivity index (χ3n) is 3.72. The Hall–Kier alpha value is -1.40. The summed E-state index contributed by atoms with van der Waals surface area (Å²) in [5.41, 5.74) is 2.07. The van der Waals surface area contributed by atoms with Crippen molar-refractivity contribution in [1.82, 2.24) is 4.98 Å². The Labute approximate surface area is 174 Å². The molecule has 26 heavy (non-hydrogen) atoms. The van der Waals surface area contributed by atoms with Gasteiger partial charge in [0, 0.05) is 27.5 Å². The zero-order valence-corrected chi connectivity index (χ0v) is 17.5. The van der Waals surface area contributed by atoms with Crippen molar-refractivity contribution in [3.05, 3.63) is 80.8 Å². The predicted molar refractivity (Wildman–Crippen MR) is 113 cm³/mol. The lowest BCUT2D eigenvalue weighted by atomic mass is 10.1. The molecule has 3 aromatic rings. The van der Waals surface area contributed by atoms with Crippen molar-refractivity contribution < 1.29 is 4.79 Å². The van der Waals surface area contributed by atoms with Crippen LogP contribution in [0.2, 0.25) is 10.0 Å². The standard InChI is InChI=1S/C19H15BrCl2N2OS/c20-16(10-13-3-1-2-4-17(13)22)18(25)24-19-23-11-15(26-19)9-12-5-7-14(21)8-6-12/h1-8,11,16H,9-10H2,(H,23,24,25)/t16-/m1/s1. The second-order valence-electron chi connectivity index (χ2n) is 5.69. The fraction of sp³-hybridized carbons (Fsp3) is 0.158. The molecule has 0 radical (unpaired) electrons. The van der Waals surface area contributed by atoms with Crippen molar-refractivity contribution in [2.75, 3.05) is 5.32 Å². The van der Waals surface area contributed by atoms with Crippen LogP contribution in [0, 0.1) is 0 Å². The van der Waals surface area contributed by atoms with Crippen LogP contribution in [0.15, 0.2) is 54.7 Å². The van der Waals surface area contributed by atoms with Crippen molar-refractivity contribution in [1.29, 1.82) is 0 Å². The number of benzene rings is 2. The number of amides is 1. The second kappa shape index (κ2) is 9.00. The summed E-state index contributed by atoms with van der Waals surface area (Å²) in [7, 11) is 0. The minimum atomic E-state index is -0.383. The number of thiazole rings is 1. The van der Waals surface area contributed by atoms with E-state index in [0.717, 1.165) is 22.4 Å². The number of alkyl halides is 1. The first-order valence-electron chi connectivity index (χ1n) is 7.89. The molecular formula is C19H15BrCl2N2OS. The Balaban J connectivity index is 1.58. The van der Waals surface area contributed by atoms with Gasteiger partial charge >= 0.3 is 0 Å². The van der Waals surface area contributed by atoms with Crippen LogP contribution >= 0.6 is 50.5 Å². The summed E-state index contributed by atoms with van der Waals surface area (Å²) in [6, 6.07) is 15.2. The van der Waals surface area contributed by atoms with E-state index in [4.69, 9.17) is 23.2 Å². The topological polar surface area (TPSA) is 42.0 Å². The molecule has 1 amide bonds. The van der Waals surface area contributed by atoms with E-state index >= 15 is 0 Å². The molecule has 0 aliphatic rings. The molecule has 0 aliphatic carbocycles. The van der Waals surface area contributed by atoms with E-state index in [1.807, 2.05) is 48.5 Å². The number of rotatable bonds is 6. The monoisotopic (exact) mass is 468 g/mol. The largest absolute Gasteiger partial charge is 0.301 e. The molecule has 7 heteroatoms. The van der Waals surface area contributed by atoms with Gasteiger partial charge in [0.05, 0.1) is 4.83 Å². The summed E-state index contributed by atoms with van der Waals surface area (Å²) in [4.78, 5) is 17.4. The van der Waals surface area contributed by atoms with Gasteiger partial charge in [0.1, 0.15) is 0 Å². The number of carbonyl (C=O) groups is 1. The van der Waals surface area contributed by atoms with E-state index < -0.39 is 0 Å². The number of nitrogens with zero attached hydrogens (tertiary/aromatic N) is 1. The maximum Gasteiger partial charge on any atom is 0.240 e. The Bertz CT molecular complexity index is 899. The van der Waals surface area contributed by atoms with Crippen molar-refractivity contribution in [3.8, 4) is 0 Å². The van der Waals surface area contributed by atoms with Gasteiger partial charge in [0.15, 0.2) is 5.13 Å². The van der Waals surface area contributed by atoms with E-state index in [-0.39, 0.29) is 10.7 Å². The Morgan fingerprint density at radius 2 is 1.88 bits per heavy atom. The third-order valence-corrected chi connectivity index (χ3v) is 5.99. The molecule has 134 valence electrons. The highest BCUT2D eigenvalue weighted by Gasteiger charge is 2.18. The molecule has 3 rings (SSSR count). The molecule has 0 saturated heterocycles. The van der Waals surface area contributed by atoms with Crippen molar-refractivity contribution in [3.63, 3.8) is 0 Å². The lowest BCUT2D eigenvalue weighted by Crippen LogP contribution is -2.24. The Morgan fingerprint density at radius 1 is 1.15 bits per heavy atom. The van der Waals surface area contributed by atoms with Crippen LogP contribution in [0.5, 0.6) is 0 Å². The Kier molecular flexibility index (Phi) is 6.70. The summed E-state index contributed by atoms with van der Waals surface area (Å²) in [6.45, 7) is 0.